The minimum absolute atomic E-state index is 0.00393. The standard InChI is InChI=1S/C30H46O4.C15H24O3.C15H24O2/c1-9-10-11-12-13-29(5,6)20-15-24(31)26(25(32)16-20)21-14-19(18-34-27(33)28(2,3)4)22-17-23(21)30(22,7)8;1-14(2,3)13(17)18-8-9-6-12(16)11-7-10(9)15(11,4)5;1-4-5-6-7-8-15(2,3)12-9-13(16)11-14(17)10-12/h14-16,21-23,31-32H,9-13,17-18H2,1-8H3;6,10-12,16H,7-8H2,1-5H3;9-11,16-17H,4-8H2,1-3H3. The maximum absolute atomic E-state index is 12.4. The molecule has 0 amide bonds. The van der Waals surface area contributed by atoms with Crippen LogP contribution in [0, 0.1) is 45.3 Å². The number of rotatable bonds is 17. The average Bonchev–Trinajstić information content (AvgIpc) is 3.23. The van der Waals surface area contributed by atoms with E-state index < -0.39 is 10.8 Å². The van der Waals surface area contributed by atoms with Crippen molar-refractivity contribution >= 4 is 11.9 Å². The molecule has 8 rings (SSSR count). The molecule has 2 aromatic carbocycles. The van der Waals surface area contributed by atoms with Gasteiger partial charge in [-0.05, 0) is 159 Å². The van der Waals surface area contributed by atoms with Crippen LogP contribution in [-0.2, 0) is 29.9 Å². The molecule has 9 nitrogen and oxygen atoms in total. The van der Waals surface area contributed by atoms with Gasteiger partial charge in [0.15, 0.2) is 0 Å². The number of ether oxygens (including phenoxy) is 2. The monoisotopic (exact) mass is 959 g/mol. The molecular weight excluding hydrogens is 865 g/mol. The molecule has 5 N–H and O–H groups in total. The molecule has 0 aliphatic heterocycles. The number of benzene rings is 2. The SMILES string of the molecule is CC(C)(C)C(=O)OCC1=CC(O)C2CC1C2(C)C.CCCCCCC(C)(C)c1cc(O)c(C2C=C(COC(=O)C(C)(C)C)C3CC2C3(C)C)c(O)c1.CCCCCCC(C)(C)c1cc(O)cc(O)c1. The fourth-order valence-corrected chi connectivity index (χ4v) is 11.2. The molecule has 0 spiro atoms. The number of aliphatic hydroxyl groups is 1. The van der Waals surface area contributed by atoms with E-state index in [0.717, 1.165) is 54.4 Å². The van der Waals surface area contributed by atoms with Crippen LogP contribution in [0.4, 0.5) is 0 Å². The second-order valence-corrected chi connectivity index (χ2v) is 25.6. The first-order valence-corrected chi connectivity index (χ1v) is 26.3. The fraction of sp³-hybridized carbons (Fsp3) is 0.700. The molecule has 2 saturated carbocycles. The second kappa shape index (κ2) is 22.6. The minimum atomic E-state index is -0.540. The number of carbonyl (C=O) groups excluding carboxylic acids is 2. The number of esters is 2. The van der Waals surface area contributed by atoms with Gasteiger partial charge in [-0.25, -0.2) is 0 Å². The van der Waals surface area contributed by atoms with Gasteiger partial charge in [-0.2, -0.15) is 0 Å². The zero-order valence-corrected chi connectivity index (χ0v) is 45.8. The molecule has 2 aromatic rings. The molecule has 0 radical (unpaired) electrons. The van der Waals surface area contributed by atoms with Crippen LogP contribution in [-0.4, -0.2) is 56.8 Å². The van der Waals surface area contributed by atoms with E-state index in [0.29, 0.717) is 35.8 Å². The predicted molar refractivity (Wildman–Crippen MR) is 280 cm³/mol. The number of allylic oxidation sites excluding steroid dienone is 1. The van der Waals surface area contributed by atoms with Gasteiger partial charge < -0.3 is 35.0 Å². The zero-order chi connectivity index (χ0) is 52.1. The second-order valence-electron chi connectivity index (χ2n) is 25.6. The molecule has 388 valence electrons. The van der Waals surface area contributed by atoms with Crippen molar-refractivity contribution in [2.45, 2.75) is 211 Å². The van der Waals surface area contributed by atoms with Gasteiger partial charge in [0.1, 0.15) is 36.2 Å². The van der Waals surface area contributed by atoms with Gasteiger partial charge in [-0.1, -0.05) is 133 Å². The van der Waals surface area contributed by atoms with E-state index in [1.807, 2.05) is 59.8 Å². The molecule has 0 aromatic heterocycles. The summed E-state index contributed by atoms with van der Waals surface area (Å²) in [7, 11) is 0. The van der Waals surface area contributed by atoms with Gasteiger partial charge in [0.2, 0.25) is 0 Å². The number of hydrogen-bond acceptors (Lipinski definition) is 9. The van der Waals surface area contributed by atoms with Crippen molar-refractivity contribution in [3.63, 3.8) is 0 Å². The number of phenols is 4. The first-order chi connectivity index (χ1) is 31.8. The number of fused-ring (bicyclic) bond motifs is 2. The van der Waals surface area contributed by atoms with Crippen molar-refractivity contribution in [2.24, 2.45) is 45.3 Å². The van der Waals surface area contributed by atoms with Gasteiger partial charge >= 0.3 is 11.9 Å². The molecule has 0 saturated heterocycles. The maximum Gasteiger partial charge on any atom is 0.311 e. The van der Waals surface area contributed by atoms with Crippen molar-refractivity contribution in [3.8, 4) is 23.0 Å². The highest BCUT2D eigenvalue weighted by Gasteiger charge is 2.57. The quantitative estimate of drug-likeness (QED) is 0.0592. The summed E-state index contributed by atoms with van der Waals surface area (Å²) in [5.41, 5.74) is 3.84. The van der Waals surface area contributed by atoms with Crippen LogP contribution < -0.4 is 0 Å². The molecule has 4 bridgehead atoms. The van der Waals surface area contributed by atoms with E-state index in [2.05, 4.69) is 75.3 Å². The van der Waals surface area contributed by atoms with E-state index in [4.69, 9.17) is 9.47 Å². The summed E-state index contributed by atoms with van der Waals surface area (Å²) < 4.78 is 11.0. The minimum Gasteiger partial charge on any atom is -0.508 e. The molecule has 6 aliphatic rings. The van der Waals surface area contributed by atoms with Crippen LogP contribution in [0.15, 0.2) is 53.6 Å². The van der Waals surface area contributed by atoms with Gasteiger partial charge in [0.05, 0.1) is 16.9 Å². The molecule has 6 atom stereocenters. The lowest BCUT2D eigenvalue weighted by atomic mass is 9.45. The Morgan fingerprint density at radius 1 is 0.565 bits per heavy atom. The van der Waals surface area contributed by atoms with Gasteiger partial charge in [0.25, 0.3) is 0 Å². The Morgan fingerprint density at radius 2 is 0.957 bits per heavy atom. The molecule has 6 unspecified atom stereocenters. The fourth-order valence-electron chi connectivity index (χ4n) is 11.2. The van der Waals surface area contributed by atoms with Crippen LogP contribution in [0.2, 0.25) is 0 Å². The molecule has 2 fully saturated rings. The summed E-state index contributed by atoms with van der Waals surface area (Å²) in [5, 5.41) is 51.3. The zero-order valence-electron chi connectivity index (χ0n) is 45.8. The lowest BCUT2D eigenvalue weighted by Crippen LogP contribution is -2.54. The van der Waals surface area contributed by atoms with E-state index in [-0.39, 0.29) is 75.2 Å². The van der Waals surface area contributed by atoms with Crippen LogP contribution >= 0.6 is 0 Å². The molecule has 9 heteroatoms. The van der Waals surface area contributed by atoms with Crippen molar-refractivity contribution < 1.29 is 44.6 Å². The van der Waals surface area contributed by atoms with Gasteiger partial charge in [-0.3, -0.25) is 9.59 Å². The van der Waals surface area contributed by atoms with E-state index in [9.17, 15) is 35.1 Å². The van der Waals surface area contributed by atoms with Gasteiger partial charge in [-0.15, -0.1) is 0 Å². The highest BCUT2D eigenvalue weighted by Crippen LogP contribution is 2.65. The molecule has 6 aliphatic carbocycles. The summed E-state index contributed by atoms with van der Waals surface area (Å²) in [4.78, 5) is 24.1. The van der Waals surface area contributed by atoms with Crippen molar-refractivity contribution in [3.05, 3.63) is 70.3 Å². The van der Waals surface area contributed by atoms with Crippen molar-refractivity contribution in [1.82, 2.24) is 0 Å². The Bertz CT molecular complexity index is 2080. The smallest absolute Gasteiger partial charge is 0.311 e. The van der Waals surface area contributed by atoms with Crippen LogP contribution in [0.1, 0.15) is 210 Å². The Morgan fingerprint density at radius 3 is 1.33 bits per heavy atom. The first-order valence-electron chi connectivity index (χ1n) is 26.3. The molecule has 69 heavy (non-hydrogen) atoms. The third-order valence-electron chi connectivity index (χ3n) is 16.4. The number of aromatic hydroxyl groups is 4. The van der Waals surface area contributed by atoms with Crippen LogP contribution in [0.25, 0.3) is 0 Å². The van der Waals surface area contributed by atoms with E-state index in [1.54, 1.807) is 12.1 Å². The van der Waals surface area contributed by atoms with Crippen molar-refractivity contribution in [1.29, 1.82) is 0 Å². The summed E-state index contributed by atoms with van der Waals surface area (Å²) in [5.74, 6) is 1.67. The summed E-state index contributed by atoms with van der Waals surface area (Å²) in [6.45, 7) is 33.7. The summed E-state index contributed by atoms with van der Waals surface area (Å²) in [6, 6.07) is 8.59. The van der Waals surface area contributed by atoms with Crippen LogP contribution in [0.5, 0.6) is 23.0 Å². The lowest BCUT2D eigenvalue weighted by Gasteiger charge is -2.59. The van der Waals surface area contributed by atoms with Crippen molar-refractivity contribution in [2.75, 3.05) is 13.2 Å². The predicted octanol–water partition coefficient (Wildman–Crippen LogP) is 14.5. The van der Waals surface area contributed by atoms with E-state index >= 15 is 0 Å². The molecular formula is C60H94O9. The van der Waals surface area contributed by atoms with Gasteiger partial charge in [0, 0.05) is 17.5 Å². The third-order valence-corrected chi connectivity index (χ3v) is 16.4. The Kier molecular flexibility index (Phi) is 18.9. The topological polar surface area (TPSA) is 154 Å². The Hall–Kier alpha value is -3.98. The Labute approximate surface area is 417 Å². The highest BCUT2D eigenvalue weighted by molar-refractivity contribution is 5.76. The number of phenolic OH excluding ortho intramolecular Hbond substituents is 4. The first kappa shape index (κ1) is 57.6. The van der Waals surface area contributed by atoms with E-state index in [1.165, 1.54) is 51.0 Å². The third kappa shape index (κ3) is 14.1. The number of hydrogen-bond donors (Lipinski definition) is 5. The largest absolute Gasteiger partial charge is 0.508 e. The number of unbranched alkanes of at least 4 members (excludes halogenated alkanes) is 6. The maximum atomic E-state index is 12.4. The number of aliphatic hydroxyl groups excluding tert-OH is 1. The summed E-state index contributed by atoms with van der Waals surface area (Å²) in [6.07, 6.45) is 17.5. The molecule has 0 heterocycles. The lowest BCUT2D eigenvalue weighted by molar-refractivity contribution is -0.153. The average molecular weight is 959 g/mol. The number of carbonyl (C=O) groups is 2. The normalized spacial score (nSPS) is 23.3. The Balaban J connectivity index is 0.000000249. The summed E-state index contributed by atoms with van der Waals surface area (Å²) >= 11 is 0. The van der Waals surface area contributed by atoms with Crippen LogP contribution in [0.3, 0.4) is 0 Å². The highest BCUT2D eigenvalue weighted by atomic mass is 16.5.